The lowest BCUT2D eigenvalue weighted by molar-refractivity contribution is 0.159. The first-order valence-electron chi connectivity index (χ1n) is 6.72. The van der Waals surface area contributed by atoms with Crippen LogP contribution in [0, 0.1) is 0 Å². The Morgan fingerprint density at radius 3 is 2.68 bits per heavy atom. The quantitative estimate of drug-likeness (QED) is 0.855. The first kappa shape index (κ1) is 17.3. The molecule has 1 heterocycles. The van der Waals surface area contributed by atoms with Crippen LogP contribution in [0.2, 0.25) is 10.0 Å². The molecule has 1 aliphatic heterocycles. The van der Waals surface area contributed by atoms with Crippen molar-refractivity contribution in [1.29, 1.82) is 0 Å². The summed E-state index contributed by atoms with van der Waals surface area (Å²) in [5.74, 6) is 0. The third-order valence-corrected chi connectivity index (χ3v) is 6.47. The van der Waals surface area contributed by atoms with Crippen LogP contribution in [-0.4, -0.2) is 43.1 Å². The number of piperidine rings is 1. The van der Waals surface area contributed by atoms with Crippen LogP contribution in [0.25, 0.3) is 0 Å². The highest BCUT2D eigenvalue weighted by Crippen LogP contribution is 2.30. The fourth-order valence-electron chi connectivity index (χ4n) is 2.47. The summed E-state index contributed by atoms with van der Waals surface area (Å²) < 4.78 is 25.6. The van der Waals surface area contributed by atoms with Gasteiger partial charge < -0.3 is 10.4 Å². The van der Waals surface area contributed by atoms with Crippen LogP contribution in [0.3, 0.4) is 0 Å². The standard InChI is InChI=1S/C13H16Cl2N2O4S/c14-10-5-4-9(7-11(10)15)22(20,21)12-3-1-2-6-17(12)8-16-13(18)19/h4-5,7,12,16H,1-3,6,8H2,(H,18,19). The number of hydrogen-bond acceptors (Lipinski definition) is 4. The zero-order valence-corrected chi connectivity index (χ0v) is 14.0. The van der Waals surface area contributed by atoms with E-state index in [0.717, 1.165) is 12.8 Å². The van der Waals surface area contributed by atoms with Crippen molar-refractivity contribution >= 4 is 39.1 Å². The minimum atomic E-state index is -3.65. The van der Waals surface area contributed by atoms with Crippen molar-refractivity contribution in [3.8, 4) is 0 Å². The summed E-state index contributed by atoms with van der Waals surface area (Å²) in [5.41, 5.74) is 0. The molecule has 22 heavy (non-hydrogen) atoms. The molecule has 1 saturated heterocycles. The number of carbonyl (C=O) groups is 1. The maximum atomic E-state index is 12.8. The van der Waals surface area contributed by atoms with E-state index in [1.165, 1.54) is 18.2 Å². The van der Waals surface area contributed by atoms with E-state index in [4.69, 9.17) is 28.3 Å². The number of sulfone groups is 1. The molecule has 0 saturated carbocycles. The van der Waals surface area contributed by atoms with Gasteiger partial charge >= 0.3 is 6.09 Å². The lowest BCUT2D eigenvalue weighted by Crippen LogP contribution is -2.49. The Morgan fingerprint density at radius 2 is 2.05 bits per heavy atom. The lowest BCUT2D eigenvalue weighted by atomic mass is 10.1. The van der Waals surface area contributed by atoms with Gasteiger partial charge in [0.2, 0.25) is 0 Å². The third kappa shape index (κ3) is 3.84. The predicted octanol–water partition coefficient (Wildman–Crippen LogP) is 2.80. The van der Waals surface area contributed by atoms with Crippen molar-refractivity contribution in [2.75, 3.05) is 13.2 Å². The second-order valence-corrected chi connectivity index (χ2v) is 7.94. The van der Waals surface area contributed by atoms with Gasteiger partial charge in [0.1, 0.15) is 5.37 Å². The van der Waals surface area contributed by atoms with Gasteiger partial charge in [-0.3, -0.25) is 4.90 Å². The predicted molar refractivity (Wildman–Crippen MR) is 84.0 cm³/mol. The van der Waals surface area contributed by atoms with Crippen LogP contribution in [0.4, 0.5) is 4.79 Å². The van der Waals surface area contributed by atoms with Crippen molar-refractivity contribution in [3.63, 3.8) is 0 Å². The van der Waals surface area contributed by atoms with Crippen LogP contribution < -0.4 is 5.32 Å². The molecule has 1 aromatic carbocycles. The van der Waals surface area contributed by atoms with Gasteiger partial charge in [-0.05, 0) is 37.5 Å². The van der Waals surface area contributed by atoms with Crippen molar-refractivity contribution in [3.05, 3.63) is 28.2 Å². The molecule has 1 amide bonds. The Labute approximate surface area is 138 Å². The van der Waals surface area contributed by atoms with Gasteiger partial charge in [-0.2, -0.15) is 0 Å². The average Bonchev–Trinajstić information content (AvgIpc) is 2.48. The molecular formula is C13H16Cl2N2O4S. The number of benzene rings is 1. The fourth-order valence-corrected chi connectivity index (χ4v) is 4.74. The molecule has 9 heteroatoms. The molecular weight excluding hydrogens is 351 g/mol. The molecule has 6 nitrogen and oxygen atoms in total. The highest BCUT2D eigenvalue weighted by molar-refractivity contribution is 7.92. The molecule has 2 N–H and O–H groups in total. The number of carboxylic acid groups (broad SMARTS) is 1. The van der Waals surface area contributed by atoms with Crippen LogP contribution in [0.5, 0.6) is 0 Å². The molecule has 0 aliphatic carbocycles. The van der Waals surface area contributed by atoms with Gasteiger partial charge in [0.05, 0.1) is 21.6 Å². The molecule has 0 radical (unpaired) electrons. The number of nitrogens with zero attached hydrogens (tertiary/aromatic N) is 1. The molecule has 1 atom stereocenters. The van der Waals surface area contributed by atoms with E-state index in [2.05, 4.69) is 5.32 Å². The van der Waals surface area contributed by atoms with Gasteiger partial charge in [-0.1, -0.05) is 23.2 Å². The average molecular weight is 367 g/mol. The Morgan fingerprint density at radius 1 is 1.32 bits per heavy atom. The Hall–Kier alpha value is -1.02. The van der Waals surface area contributed by atoms with Crippen molar-refractivity contribution in [2.45, 2.75) is 29.5 Å². The highest BCUT2D eigenvalue weighted by Gasteiger charge is 2.35. The second kappa shape index (κ2) is 7.04. The maximum Gasteiger partial charge on any atom is 0.405 e. The smallest absolute Gasteiger partial charge is 0.405 e. The first-order valence-corrected chi connectivity index (χ1v) is 9.02. The maximum absolute atomic E-state index is 12.8. The summed E-state index contributed by atoms with van der Waals surface area (Å²) in [5, 5.41) is 10.6. The normalized spacial score (nSPS) is 19.8. The molecule has 2 rings (SSSR count). The summed E-state index contributed by atoms with van der Waals surface area (Å²) in [7, 11) is -3.65. The number of amides is 1. The van der Waals surface area contributed by atoms with E-state index < -0.39 is 21.3 Å². The topological polar surface area (TPSA) is 86.7 Å². The molecule has 0 aromatic heterocycles. The number of halogens is 2. The molecule has 0 bridgehead atoms. The van der Waals surface area contributed by atoms with E-state index >= 15 is 0 Å². The van der Waals surface area contributed by atoms with Crippen molar-refractivity contribution in [2.24, 2.45) is 0 Å². The number of hydrogen-bond donors (Lipinski definition) is 2. The minimum absolute atomic E-state index is 0.0272. The van der Waals surface area contributed by atoms with Crippen LogP contribution in [0.1, 0.15) is 19.3 Å². The third-order valence-electron chi connectivity index (χ3n) is 3.56. The molecule has 1 aromatic rings. The highest BCUT2D eigenvalue weighted by atomic mass is 35.5. The Balaban J connectivity index is 2.28. The lowest BCUT2D eigenvalue weighted by Gasteiger charge is -2.34. The van der Waals surface area contributed by atoms with Crippen molar-refractivity contribution in [1.82, 2.24) is 10.2 Å². The molecule has 1 fully saturated rings. The summed E-state index contributed by atoms with van der Waals surface area (Å²) >= 11 is 11.7. The Kier molecular flexibility index (Phi) is 5.55. The van der Waals surface area contributed by atoms with Gasteiger partial charge in [-0.15, -0.1) is 0 Å². The number of likely N-dealkylation sites (tertiary alicyclic amines) is 1. The first-order chi connectivity index (χ1) is 10.3. The van der Waals surface area contributed by atoms with Gasteiger partial charge in [0, 0.05) is 6.54 Å². The molecule has 1 unspecified atom stereocenters. The summed E-state index contributed by atoms with van der Waals surface area (Å²) in [4.78, 5) is 12.3. The van der Waals surface area contributed by atoms with Crippen molar-refractivity contribution < 1.29 is 18.3 Å². The zero-order valence-electron chi connectivity index (χ0n) is 11.6. The number of nitrogens with one attached hydrogen (secondary N) is 1. The summed E-state index contributed by atoms with van der Waals surface area (Å²) in [6, 6.07) is 4.19. The fraction of sp³-hybridized carbons (Fsp3) is 0.462. The van der Waals surface area contributed by atoms with Crippen LogP contribution >= 0.6 is 23.2 Å². The van der Waals surface area contributed by atoms with E-state index in [9.17, 15) is 13.2 Å². The Bertz CT molecular complexity index is 666. The van der Waals surface area contributed by atoms with E-state index in [1.807, 2.05) is 0 Å². The molecule has 0 spiro atoms. The van der Waals surface area contributed by atoms with E-state index in [0.29, 0.717) is 13.0 Å². The van der Waals surface area contributed by atoms with Gasteiger partial charge in [0.25, 0.3) is 0 Å². The monoisotopic (exact) mass is 366 g/mol. The summed E-state index contributed by atoms with van der Waals surface area (Å²) in [6.45, 7) is 0.492. The minimum Gasteiger partial charge on any atom is -0.465 e. The summed E-state index contributed by atoms with van der Waals surface area (Å²) in [6.07, 6.45) is 0.865. The zero-order chi connectivity index (χ0) is 16.3. The second-order valence-electron chi connectivity index (χ2n) is 5.02. The van der Waals surface area contributed by atoms with Gasteiger partial charge in [0.15, 0.2) is 9.84 Å². The SMILES string of the molecule is O=C(O)NCN1CCCCC1S(=O)(=O)c1ccc(Cl)c(Cl)c1. The van der Waals surface area contributed by atoms with Crippen LogP contribution in [0.15, 0.2) is 23.1 Å². The van der Waals surface area contributed by atoms with E-state index in [-0.39, 0.29) is 21.6 Å². The molecule has 122 valence electrons. The van der Waals surface area contributed by atoms with E-state index in [1.54, 1.807) is 4.90 Å². The largest absolute Gasteiger partial charge is 0.465 e. The van der Waals surface area contributed by atoms with Crippen LogP contribution in [-0.2, 0) is 9.84 Å². The number of rotatable bonds is 4. The van der Waals surface area contributed by atoms with Gasteiger partial charge in [-0.25, -0.2) is 13.2 Å². The molecule has 1 aliphatic rings.